The minimum absolute atomic E-state index is 0.0118. The third-order valence-corrected chi connectivity index (χ3v) is 3.81. The Bertz CT molecular complexity index is 533. The number of benzene rings is 1. The van der Waals surface area contributed by atoms with Crippen LogP contribution in [0.5, 0.6) is 0 Å². The van der Waals surface area contributed by atoms with Crippen molar-refractivity contribution in [1.29, 1.82) is 0 Å². The number of aliphatic carboxylic acids is 1. The number of likely N-dealkylation sites (tertiary alicyclic amines) is 1. The van der Waals surface area contributed by atoms with E-state index in [-0.39, 0.29) is 18.2 Å². The Kier molecular flexibility index (Phi) is 4.49. The van der Waals surface area contributed by atoms with Gasteiger partial charge >= 0.3 is 5.97 Å². The fraction of sp³-hybridized carbons (Fsp3) is 0.429. The topological polar surface area (TPSA) is 83.6 Å². The molecule has 1 atom stereocenters. The van der Waals surface area contributed by atoms with Crippen LogP contribution in [0.15, 0.2) is 18.2 Å². The van der Waals surface area contributed by atoms with E-state index >= 15 is 0 Å². The number of rotatable bonds is 3. The highest BCUT2D eigenvalue weighted by Gasteiger charge is 2.26. The van der Waals surface area contributed by atoms with Crippen LogP contribution in [0.25, 0.3) is 0 Å². The first kappa shape index (κ1) is 14.7. The van der Waals surface area contributed by atoms with Gasteiger partial charge in [0.2, 0.25) is 0 Å². The smallest absolute Gasteiger partial charge is 0.303 e. The molecule has 0 saturated carbocycles. The van der Waals surface area contributed by atoms with Crippen LogP contribution in [0.1, 0.15) is 29.6 Å². The lowest BCUT2D eigenvalue weighted by Gasteiger charge is -2.32. The van der Waals surface area contributed by atoms with E-state index in [1.54, 1.807) is 23.1 Å². The Morgan fingerprint density at radius 3 is 2.85 bits per heavy atom. The number of carboxylic acid groups (broad SMARTS) is 1. The predicted octanol–water partition coefficient (Wildman–Crippen LogP) is 2.25. The van der Waals surface area contributed by atoms with Gasteiger partial charge in [0.1, 0.15) is 0 Å². The normalized spacial score (nSPS) is 18.9. The molecule has 1 fully saturated rings. The molecule has 3 N–H and O–H groups in total. The molecular weight excluding hydrogens is 280 g/mol. The van der Waals surface area contributed by atoms with Crippen LogP contribution in [0.4, 0.5) is 5.69 Å². The quantitative estimate of drug-likeness (QED) is 0.838. The van der Waals surface area contributed by atoms with Gasteiger partial charge < -0.3 is 15.7 Å². The van der Waals surface area contributed by atoms with Crippen LogP contribution in [0.2, 0.25) is 5.02 Å². The van der Waals surface area contributed by atoms with Crippen LogP contribution in [0, 0.1) is 5.92 Å². The van der Waals surface area contributed by atoms with Crippen molar-refractivity contribution in [3.05, 3.63) is 28.8 Å². The first-order valence-corrected chi connectivity index (χ1v) is 6.91. The lowest BCUT2D eigenvalue weighted by Crippen LogP contribution is -2.40. The van der Waals surface area contributed by atoms with Crippen molar-refractivity contribution in [2.45, 2.75) is 19.3 Å². The summed E-state index contributed by atoms with van der Waals surface area (Å²) in [4.78, 5) is 24.9. The molecule has 0 radical (unpaired) electrons. The van der Waals surface area contributed by atoms with E-state index in [2.05, 4.69) is 0 Å². The van der Waals surface area contributed by atoms with Gasteiger partial charge in [-0.15, -0.1) is 0 Å². The van der Waals surface area contributed by atoms with Gasteiger partial charge in [-0.25, -0.2) is 0 Å². The molecule has 0 bridgehead atoms. The fourth-order valence-electron chi connectivity index (χ4n) is 2.54. The number of nitrogens with two attached hydrogens (primary N) is 1. The van der Waals surface area contributed by atoms with E-state index < -0.39 is 5.97 Å². The molecule has 20 heavy (non-hydrogen) atoms. The first-order chi connectivity index (χ1) is 9.47. The number of hydrogen-bond acceptors (Lipinski definition) is 3. The zero-order valence-electron chi connectivity index (χ0n) is 11.0. The SMILES string of the molecule is Nc1ccc(C(=O)N2CCC[C@H](CC(=O)O)C2)c(Cl)c1. The van der Waals surface area contributed by atoms with E-state index in [0.29, 0.717) is 29.4 Å². The maximum atomic E-state index is 12.4. The molecular formula is C14H17ClN2O3. The molecule has 1 amide bonds. The number of hydrogen-bond donors (Lipinski definition) is 2. The van der Waals surface area contributed by atoms with Crippen molar-refractivity contribution in [2.75, 3.05) is 18.8 Å². The third-order valence-electron chi connectivity index (χ3n) is 3.49. The Labute approximate surface area is 122 Å². The molecule has 1 aliphatic heterocycles. The summed E-state index contributed by atoms with van der Waals surface area (Å²) in [5.41, 5.74) is 6.53. The van der Waals surface area contributed by atoms with E-state index in [4.69, 9.17) is 22.4 Å². The van der Waals surface area contributed by atoms with Crippen LogP contribution in [-0.2, 0) is 4.79 Å². The minimum Gasteiger partial charge on any atom is -0.481 e. The summed E-state index contributed by atoms with van der Waals surface area (Å²) in [5, 5.41) is 9.17. The number of halogens is 1. The Balaban J connectivity index is 2.10. The van der Waals surface area contributed by atoms with Gasteiger partial charge in [-0.2, -0.15) is 0 Å². The van der Waals surface area contributed by atoms with Crippen molar-refractivity contribution in [3.8, 4) is 0 Å². The Hall–Kier alpha value is -1.75. The molecule has 1 aromatic rings. The number of amides is 1. The molecule has 1 heterocycles. The lowest BCUT2D eigenvalue weighted by molar-refractivity contribution is -0.138. The summed E-state index contributed by atoms with van der Waals surface area (Å²) >= 11 is 6.04. The summed E-state index contributed by atoms with van der Waals surface area (Å²) < 4.78 is 0. The van der Waals surface area contributed by atoms with Crippen molar-refractivity contribution in [1.82, 2.24) is 4.90 Å². The van der Waals surface area contributed by atoms with Crippen molar-refractivity contribution < 1.29 is 14.7 Å². The molecule has 0 spiro atoms. The van der Waals surface area contributed by atoms with Crippen molar-refractivity contribution >= 4 is 29.2 Å². The van der Waals surface area contributed by atoms with Gasteiger partial charge in [0, 0.05) is 25.2 Å². The predicted molar refractivity (Wildman–Crippen MR) is 76.7 cm³/mol. The van der Waals surface area contributed by atoms with Crippen LogP contribution < -0.4 is 5.73 Å². The van der Waals surface area contributed by atoms with Gasteiger partial charge in [0.05, 0.1) is 10.6 Å². The maximum Gasteiger partial charge on any atom is 0.303 e. The summed E-state index contributed by atoms with van der Waals surface area (Å²) in [7, 11) is 0. The number of carboxylic acids is 1. The van der Waals surface area contributed by atoms with Crippen molar-refractivity contribution in [2.24, 2.45) is 5.92 Å². The number of nitrogen functional groups attached to an aromatic ring is 1. The molecule has 1 aliphatic rings. The third kappa shape index (κ3) is 3.42. The monoisotopic (exact) mass is 296 g/mol. The highest BCUT2D eigenvalue weighted by Crippen LogP contribution is 2.25. The van der Waals surface area contributed by atoms with E-state index in [1.807, 2.05) is 0 Å². The first-order valence-electron chi connectivity index (χ1n) is 6.53. The Morgan fingerprint density at radius 1 is 1.45 bits per heavy atom. The number of anilines is 1. The molecule has 0 aliphatic carbocycles. The molecule has 1 aromatic carbocycles. The highest BCUT2D eigenvalue weighted by atomic mass is 35.5. The average molecular weight is 297 g/mol. The van der Waals surface area contributed by atoms with E-state index in [1.165, 1.54) is 0 Å². The summed E-state index contributed by atoms with van der Waals surface area (Å²) in [5.74, 6) is -0.974. The second-order valence-electron chi connectivity index (χ2n) is 5.10. The highest BCUT2D eigenvalue weighted by molar-refractivity contribution is 6.34. The van der Waals surface area contributed by atoms with Crippen molar-refractivity contribution in [3.63, 3.8) is 0 Å². The second-order valence-corrected chi connectivity index (χ2v) is 5.50. The average Bonchev–Trinajstić information content (AvgIpc) is 2.37. The minimum atomic E-state index is -0.824. The summed E-state index contributed by atoms with van der Waals surface area (Å²) in [6.07, 6.45) is 1.75. The van der Waals surface area contributed by atoms with Gasteiger partial charge in [-0.3, -0.25) is 9.59 Å². The molecule has 0 unspecified atom stereocenters. The van der Waals surface area contributed by atoms with Gasteiger partial charge in [-0.1, -0.05) is 11.6 Å². The fourth-order valence-corrected chi connectivity index (χ4v) is 2.81. The summed E-state index contributed by atoms with van der Waals surface area (Å²) in [6.45, 7) is 1.10. The molecule has 6 heteroatoms. The molecule has 1 saturated heterocycles. The molecule has 5 nitrogen and oxygen atoms in total. The lowest BCUT2D eigenvalue weighted by atomic mass is 9.94. The van der Waals surface area contributed by atoms with E-state index in [9.17, 15) is 9.59 Å². The van der Waals surface area contributed by atoms with Crippen LogP contribution in [0.3, 0.4) is 0 Å². The van der Waals surface area contributed by atoms with Crippen LogP contribution in [-0.4, -0.2) is 35.0 Å². The molecule has 108 valence electrons. The second kappa shape index (κ2) is 6.13. The number of piperidine rings is 1. The van der Waals surface area contributed by atoms with Gasteiger partial charge in [-0.05, 0) is 37.0 Å². The van der Waals surface area contributed by atoms with E-state index in [0.717, 1.165) is 12.8 Å². The van der Waals surface area contributed by atoms with Gasteiger partial charge in [0.15, 0.2) is 0 Å². The number of carbonyl (C=O) groups excluding carboxylic acids is 1. The number of nitrogens with zero attached hydrogens (tertiary/aromatic N) is 1. The maximum absolute atomic E-state index is 12.4. The largest absolute Gasteiger partial charge is 0.481 e. The summed E-state index contributed by atoms with van der Waals surface area (Å²) in [6, 6.07) is 4.80. The molecule has 2 rings (SSSR count). The van der Waals surface area contributed by atoms with Crippen LogP contribution >= 0.6 is 11.6 Å². The molecule has 0 aromatic heterocycles. The Morgan fingerprint density at radius 2 is 2.20 bits per heavy atom. The number of carbonyl (C=O) groups is 2. The standard InChI is InChI=1S/C14H17ClN2O3/c15-12-7-10(16)3-4-11(12)14(20)17-5-1-2-9(8-17)6-13(18)19/h3-4,7,9H,1-2,5-6,8,16H2,(H,18,19)/t9-/m1/s1. The van der Waals surface area contributed by atoms with Gasteiger partial charge in [0.25, 0.3) is 5.91 Å². The zero-order chi connectivity index (χ0) is 14.7. The zero-order valence-corrected chi connectivity index (χ0v) is 11.8.